The number of para-hydroxylation sites is 1. The molecule has 1 N–H and O–H groups in total. The average Bonchev–Trinajstić information content (AvgIpc) is 3.45. The van der Waals surface area contributed by atoms with Crippen LogP contribution in [-0.2, 0) is 14.3 Å². The zero-order chi connectivity index (χ0) is 17.6. The molecule has 1 aliphatic carbocycles. The molecule has 2 aromatic carbocycles. The Morgan fingerprint density at radius 3 is 2.48 bits per heavy atom. The zero-order valence-electron chi connectivity index (χ0n) is 14.1. The molecule has 0 radical (unpaired) electrons. The lowest BCUT2D eigenvalue weighted by molar-refractivity contribution is -0.156. The maximum absolute atomic E-state index is 12.0. The highest BCUT2D eigenvalue weighted by atomic mass is 16.6. The van der Waals surface area contributed by atoms with Gasteiger partial charge in [0.2, 0.25) is 0 Å². The molecule has 0 bridgehead atoms. The number of carbonyl (C=O) groups is 2. The van der Waals surface area contributed by atoms with Gasteiger partial charge in [-0.2, -0.15) is 0 Å². The van der Waals surface area contributed by atoms with Crippen molar-refractivity contribution < 1.29 is 19.1 Å². The summed E-state index contributed by atoms with van der Waals surface area (Å²) in [6, 6.07) is 17.5. The number of amides is 1. The Balaban J connectivity index is 1.56. The minimum atomic E-state index is -0.818. The van der Waals surface area contributed by atoms with E-state index in [4.69, 9.17) is 9.47 Å². The van der Waals surface area contributed by atoms with Crippen molar-refractivity contribution in [3.05, 3.63) is 54.6 Å². The Morgan fingerprint density at radius 2 is 1.76 bits per heavy atom. The summed E-state index contributed by atoms with van der Waals surface area (Å²) < 4.78 is 10.8. The van der Waals surface area contributed by atoms with Gasteiger partial charge in [0.05, 0.1) is 0 Å². The van der Waals surface area contributed by atoms with Crippen LogP contribution in [0.15, 0.2) is 54.6 Å². The first kappa shape index (κ1) is 17.0. The minimum Gasteiger partial charge on any atom is -0.481 e. The number of esters is 1. The third kappa shape index (κ3) is 4.83. The SMILES string of the molecule is CC(OC(=O)COc1ccccc1-c1ccccc1)C(=O)NC1CC1. The van der Waals surface area contributed by atoms with Gasteiger partial charge in [-0.1, -0.05) is 48.5 Å². The molecule has 1 atom stereocenters. The van der Waals surface area contributed by atoms with Gasteiger partial charge in [0.25, 0.3) is 5.91 Å². The number of hydrogen-bond acceptors (Lipinski definition) is 4. The van der Waals surface area contributed by atoms with Crippen LogP contribution in [0.25, 0.3) is 11.1 Å². The molecular formula is C20H21NO4. The molecule has 25 heavy (non-hydrogen) atoms. The molecule has 130 valence electrons. The van der Waals surface area contributed by atoms with Crippen molar-refractivity contribution in [2.45, 2.75) is 31.9 Å². The predicted molar refractivity (Wildman–Crippen MR) is 94.1 cm³/mol. The van der Waals surface area contributed by atoms with Crippen molar-refractivity contribution in [1.82, 2.24) is 5.32 Å². The maximum atomic E-state index is 12.0. The third-order valence-corrected chi connectivity index (χ3v) is 3.92. The van der Waals surface area contributed by atoms with Gasteiger partial charge in [-0.25, -0.2) is 4.79 Å². The van der Waals surface area contributed by atoms with E-state index in [1.54, 1.807) is 13.0 Å². The van der Waals surface area contributed by atoms with Gasteiger partial charge < -0.3 is 14.8 Å². The van der Waals surface area contributed by atoms with Crippen LogP contribution in [0.1, 0.15) is 19.8 Å². The molecule has 0 aliphatic heterocycles. The topological polar surface area (TPSA) is 64.6 Å². The third-order valence-electron chi connectivity index (χ3n) is 3.92. The summed E-state index contributed by atoms with van der Waals surface area (Å²) in [5, 5.41) is 2.81. The monoisotopic (exact) mass is 339 g/mol. The van der Waals surface area contributed by atoms with E-state index < -0.39 is 12.1 Å². The number of rotatable bonds is 7. The number of hydrogen-bond donors (Lipinski definition) is 1. The van der Waals surface area contributed by atoms with Crippen molar-refractivity contribution >= 4 is 11.9 Å². The van der Waals surface area contributed by atoms with Gasteiger partial charge >= 0.3 is 5.97 Å². The number of ether oxygens (including phenoxy) is 2. The quantitative estimate of drug-likeness (QED) is 0.788. The minimum absolute atomic E-state index is 0.239. The van der Waals surface area contributed by atoms with Crippen LogP contribution < -0.4 is 10.1 Å². The van der Waals surface area contributed by atoms with E-state index >= 15 is 0 Å². The van der Waals surface area contributed by atoms with Crippen molar-refractivity contribution in [3.63, 3.8) is 0 Å². The van der Waals surface area contributed by atoms with E-state index in [9.17, 15) is 9.59 Å². The predicted octanol–water partition coefficient (Wildman–Crippen LogP) is 2.94. The van der Waals surface area contributed by atoms with Gasteiger partial charge in [0.15, 0.2) is 12.7 Å². The molecule has 1 amide bonds. The van der Waals surface area contributed by atoms with Crippen LogP contribution in [0.4, 0.5) is 0 Å². The van der Waals surface area contributed by atoms with Gasteiger partial charge in [-0.15, -0.1) is 0 Å². The highest BCUT2D eigenvalue weighted by molar-refractivity contribution is 5.84. The van der Waals surface area contributed by atoms with E-state index in [1.807, 2.05) is 48.5 Å². The van der Waals surface area contributed by atoms with Crippen molar-refractivity contribution in [2.24, 2.45) is 0 Å². The Kier molecular flexibility index (Phi) is 5.33. The summed E-state index contributed by atoms with van der Waals surface area (Å²) in [6.07, 6.45) is 1.17. The van der Waals surface area contributed by atoms with E-state index in [0.717, 1.165) is 24.0 Å². The summed E-state index contributed by atoms with van der Waals surface area (Å²) in [5.41, 5.74) is 1.90. The lowest BCUT2D eigenvalue weighted by Gasteiger charge is -2.14. The molecule has 0 saturated heterocycles. The Hall–Kier alpha value is -2.82. The summed E-state index contributed by atoms with van der Waals surface area (Å²) in [5.74, 6) is -0.234. The molecule has 0 spiro atoms. The Labute approximate surface area is 147 Å². The lowest BCUT2D eigenvalue weighted by atomic mass is 10.1. The maximum Gasteiger partial charge on any atom is 0.344 e. The van der Waals surface area contributed by atoms with Gasteiger partial charge in [0, 0.05) is 11.6 Å². The van der Waals surface area contributed by atoms with Crippen molar-refractivity contribution in [3.8, 4) is 16.9 Å². The highest BCUT2D eigenvalue weighted by Gasteiger charge is 2.27. The van der Waals surface area contributed by atoms with Crippen LogP contribution in [0.3, 0.4) is 0 Å². The van der Waals surface area contributed by atoms with Gasteiger partial charge in [-0.05, 0) is 31.4 Å². The molecule has 1 aliphatic rings. The first-order valence-corrected chi connectivity index (χ1v) is 8.40. The van der Waals surface area contributed by atoms with Crippen molar-refractivity contribution in [2.75, 3.05) is 6.61 Å². The lowest BCUT2D eigenvalue weighted by Crippen LogP contribution is -2.37. The Bertz CT molecular complexity index is 740. The molecular weight excluding hydrogens is 318 g/mol. The van der Waals surface area contributed by atoms with Crippen LogP contribution in [0, 0.1) is 0 Å². The number of nitrogens with one attached hydrogen (secondary N) is 1. The molecule has 2 aromatic rings. The number of benzene rings is 2. The summed E-state index contributed by atoms with van der Waals surface area (Å²) in [7, 11) is 0. The molecule has 1 saturated carbocycles. The fourth-order valence-corrected chi connectivity index (χ4v) is 2.42. The largest absolute Gasteiger partial charge is 0.481 e. The molecule has 1 fully saturated rings. The fraction of sp³-hybridized carbons (Fsp3) is 0.300. The second-order valence-corrected chi connectivity index (χ2v) is 6.07. The van der Waals surface area contributed by atoms with Gasteiger partial charge in [0.1, 0.15) is 5.75 Å². The van der Waals surface area contributed by atoms with E-state index in [0.29, 0.717) is 5.75 Å². The Morgan fingerprint density at radius 1 is 1.08 bits per heavy atom. The molecule has 5 nitrogen and oxygen atoms in total. The van der Waals surface area contributed by atoms with Crippen molar-refractivity contribution in [1.29, 1.82) is 0 Å². The van der Waals surface area contributed by atoms with Gasteiger partial charge in [-0.3, -0.25) is 4.79 Å². The van der Waals surface area contributed by atoms with Crippen LogP contribution in [0.2, 0.25) is 0 Å². The number of carbonyl (C=O) groups excluding carboxylic acids is 2. The zero-order valence-corrected chi connectivity index (χ0v) is 14.1. The molecule has 3 rings (SSSR count). The summed E-state index contributed by atoms with van der Waals surface area (Å²) in [6.45, 7) is 1.32. The summed E-state index contributed by atoms with van der Waals surface area (Å²) >= 11 is 0. The normalized spacial score (nSPS) is 14.4. The summed E-state index contributed by atoms with van der Waals surface area (Å²) in [4.78, 5) is 23.8. The molecule has 1 unspecified atom stereocenters. The first-order chi connectivity index (χ1) is 12.1. The van der Waals surface area contributed by atoms with Crippen LogP contribution in [-0.4, -0.2) is 30.6 Å². The van der Waals surface area contributed by atoms with Crippen LogP contribution in [0.5, 0.6) is 5.75 Å². The van der Waals surface area contributed by atoms with E-state index in [1.165, 1.54) is 0 Å². The van der Waals surface area contributed by atoms with E-state index in [2.05, 4.69) is 5.32 Å². The molecule has 0 aromatic heterocycles. The second-order valence-electron chi connectivity index (χ2n) is 6.07. The highest BCUT2D eigenvalue weighted by Crippen LogP contribution is 2.29. The smallest absolute Gasteiger partial charge is 0.344 e. The van der Waals surface area contributed by atoms with E-state index in [-0.39, 0.29) is 18.6 Å². The first-order valence-electron chi connectivity index (χ1n) is 8.40. The average molecular weight is 339 g/mol. The van der Waals surface area contributed by atoms with Crippen LogP contribution >= 0.6 is 0 Å². The standard InChI is InChI=1S/C20H21NO4/c1-14(20(23)21-16-11-12-16)25-19(22)13-24-18-10-6-5-9-17(18)15-7-3-2-4-8-15/h2-10,14,16H,11-13H2,1H3,(H,21,23). The second kappa shape index (κ2) is 7.83. The molecule has 0 heterocycles. The fourth-order valence-electron chi connectivity index (χ4n) is 2.42. The molecule has 5 heteroatoms.